The van der Waals surface area contributed by atoms with E-state index in [2.05, 4.69) is 40.9 Å². The van der Waals surface area contributed by atoms with Crippen molar-refractivity contribution in [3.05, 3.63) is 87.7 Å². The maximum absolute atomic E-state index is 15.2. The van der Waals surface area contributed by atoms with E-state index in [0.717, 1.165) is 58.7 Å². The molecule has 6 rings (SSSR count). The first-order valence-corrected chi connectivity index (χ1v) is 13.4. The fourth-order valence-electron chi connectivity index (χ4n) is 5.46. The molecule has 0 saturated carbocycles. The Morgan fingerprint density at radius 3 is 2.40 bits per heavy atom. The number of halogens is 5. The molecule has 0 aliphatic carbocycles. The number of rotatable bonds is 5. The quantitative estimate of drug-likeness (QED) is 0.226. The van der Waals surface area contributed by atoms with Crippen molar-refractivity contribution < 1.29 is 17.6 Å². The topological polar surface area (TPSA) is 62.6 Å². The summed E-state index contributed by atoms with van der Waals surface area (Å²) in [6.07, 6.45) is 0.844. The van der Waals surface area contributed by atoms with Gasteiger partial charge in [-0.15, -0.1) is 0 Å². The fraction of sp³-hybridized carbons (Fsp3) is 0.276. The summed E-state index contributed by atoms with van der Waals surface area (Å²) < 4.78 is 56.4. The van der Waals surface area contributed by atoms with Crippen molar-refractivity contribution in [2.24, 2.45) is 0 Å². The number of alkyl halides is 3. The highest BCUT2D eigenvalue weighted by atomic mass is 35.5. The number of nitrogens with one attached hydrogen (secondary N) is 1. The SMILES string of the molecule is CCc1cccc(CC)c1-n1nc2c(c1-c1cc(F)c(Cl)c3[nH]ccc13)CN(c1ncc(C(F)(F)F)cn1)CC2. The van der Waals surface area contributed by atoms with E-state index in [1.54, 1.807) is 6.20 Å². The summed E-state index contributed by atoms with van der Waals surface area (Å²) in [5.41, 5.74) is 5.74. The number of para-hydroxylation sites is 1. The molecular formula is C29H25ClF4N6. The lowest BCUT2D eigenvalue weighted by Crippen LogP contribution is -2.31. The number of hydrogen-bond acceptors (Lipinski definition) is 4. The summed E-state index contributed by atoms with van der Waals surface area (Å²) in [6, 6.07) is 9.44. The first-order valence-electron chi connectivity index (χ1n) is 13.0. The van der Waals surface area contributed by atoms with E-state index < -0.39 is 17.6 Å². The molecule has 0 bridgehead atoms. The first kappa shape index (κ1) is 26.3. The third-order valence-corrected chi connectivity index (χ3v) is 7.82. The first-order chi connectivity index (χ1) is 19.2. The Morgan fingerprint density at radius 2 is 1.75 bits per heavy atom. The van der Waals surface area contributed by atoms with Gasteiger partial charge in [-0.2, -0.15) is 18.3 Å². The normalized spacial score (nSPS) is 13.7. The molecule has 1 N–H and O–H groups in total. The molecule has 5 aromatic rings. The Bertz CT molecular complexity index is 1700. The summed E-state index contributed by atoms with van der Waals surface area (Å²) in [7, 11) is 0. The molecule has 0 fully saturated rings. The van der Waals surface area contributed by atoms with Gasteiger partial charge in [-0.3, -0.25) is 0 Å². The van der Waals surface area contributed by atoms with Crippen LogP contribution in [0.3, 0.4) is 0 Å². The minimum Gasteiger partial charge on any atom is -0.360 e. The zero-order valence-corrected chi connectivity index (χ0v) is 22.5. The van der Waals surface area contributed by atoms with E-state index in [-0.39, 0.29) is 11.0 Å². The maximum atomic E-state index is 15.2. The third kappa shape index (κ3) is 4.30. The van der Waals surface area contributed by atoms with Crippen LogP contribution in [0.25, 0.3) is 27.8 Å². The third-order valence-electron chi connectivity index (χ3n) is 7.45. The molecule has 1 aliphatic rings. The van der Waals surface area contributed by atoms with Gasteiger partial charge in [0, 0.05) is 54.6 Å². The summed E-state index contributed by atoms with van der Waals surface area (Å²) in [5.74, 6) is -0.374. The molecule has 0 saturated heterocycles. The van der Waals surface area contributed by atoms with Crippen LogP contribution < -0.4 is 4.90 Å². The van der Waals surface area contributed by atoms with Crippen molar-refractivity contribution in [2.45, 2.75) is 45.8 Å². The predicted molar refractivity (Wildman–Crippen MR) is 146 cm³/mol. The van der Waals surface area contributed by atoms with Gasteiger partial charge in [0.2, 0.25) is 5.95 Å². The second kappa shape index (κ2) is 9.92. The van der Waals surface area contributed by atoms with E-state index in [9.17, 15) is 13.2 Å². The monoisotopic (exact) mass is 568 g/mol. The molecule has 0 spiro atoms. The number of hydrogen-bond donors (Lipinski definition) is 1. The average molecular weight is 569 g/mol. The summed E-state index contributed by atoms with van der Waals surface area (Å²) in [5, 5.41) is 5.81. The van der Waals surface area contributed by atoms with Gasteiger partial charge < -0.3 is 9.88 Å². The van der Waals surface area contributed by atoms with Crippen LogP contribution in [0.15, 0.2) is 48.9 Å². The zero-order valence-electron chi connectivity index (χ0n) is 21.8. The molecule has 0 radical (unpaired) electrons. The summed E-state index contributed by atoms with van der Waals surface area (Å²) in [4.78, 5) is 12.9. The zero-order chi connectivity index (χ0) is 28.2. The Balaban J connectivity index is 1.57. The molecule has 3 aromatic heterocycles. The smallest absolute Gasteiger partial charge is 0.360 e. The van der Waals surface area contributed by atoms with E-state index in [1.807, 2.05) is 21.7 Å². The number of nitrogens with zero attached hydrogens (tertiary/aromatic N) is 5. The van der Waals surface area contributed by atoms with Crippen LogP contribution in [0.4, 0.5) is 23.5 Å². The van der Waals surface area contributed by atoms with E-state index in [1.165, 1.54) is 6.07 Å². The average Bonchev–Trinajstić information content (AvgIpc) is 3.59. The molecule has 206 valence electrons. The van der Waals surface area contributed by atoms with Crippen LogP contribution in [0.2, 0.25) is 5.02 Å². The summed E-state index contributed by atoms with van der Waals surface area (Å²) >= 11 is 6.31. The standard InChI is InChI=1S/C29H25ClF4N6/c1-3-16-6-5-7-17(4-2)26(16)40-27(20-12-22(31)24(30)25-19(20)8-10-35-25)21-15-39(11-9-23(21)38-40)28-36-13-18(14-37-28)29(32,33)34/h5-8,10,12-14,35H,3-4,9,11,15H2,1-2H3. The lowest BCUT2D eigenvalue weighted by molar-refractivity contribution is -0.138. The number of fused-ring (bicyclic) bond motifs is 2. The van der Waals surface area contributed by atoms with Crippen molar-refractivity contribution in [3.8, 4) is 16.9 Å². The fourth-order valence-corrected chi connectivity index (χ4v) is 5.67. The number of anilines is 1. The van der Waals surface area contributed by atoms with E-state index in [0.29, 0.717) is 36.3 Å². The number of benzene rings is 2. The minimum absolute atomic E-state index is 0.00618. The van der Waals surface area contributed by atoms with Crippen LogP contribution >= 0.6 is 11.6 Å². The Hall–Kier alpha value is -3.92. The molecule has 0 amide bonds. The van der Waals surface area contributed by atoms with Crippen molar-refractivity contribution in [1.29, 1.82) is 0 Å². The Labute approximate surface area is 232 Å². The van der Waals surface area contributed by atoms with E-state index >= 15 is 4.39 Å². The maximum Gasteiger partial charge on any atom is 0.419 e. The van der Waals surface area contributed by atoms with Crippen molar-refractivity contribution in [2.75, 3.05) is 11.4 Å². The van der Waals surface area contributed by atoms with Crippen LogP contribution in [-0.4, -0.2) is 31.3 Å². The van der Waals surface area contributed by atoms with Crippen LogP contribution in [0.5, 0.6) is 0 Å². The predicted octanol–water partition coefficient (Wildman–Crippen LogP) is 7.31. The van der Waals surface area contributed by atoms with Crippen molar-refractivity contribution in [1.82, 2.24) is 24.7 Å². The number of aryl methyl sites for hydroxylation is 2. The lowest BCUT2D eigenvalue weighted by Gasteiger charge is -2.27. The molecule has 2 aromatic carbocycles. The highest BCUT2D eigenvalue weighted by Crippen LogP contribution is 2.41. The Kier molecular flexibility index (Phi) is 6.53. The van der Waals surface area contributed by atoms with Crippen LogP contribution in [0, 0.1) is 5.82 Å². The number of aromatic nitrogens is 5. The molecule has 11 heteroatoms. The molecule has 0 atom stereocenters. The highest BCUT2D eigenvalue weighted by molar-refractivity contribution is 6.35. The van der Waals surface area contributed by atoms with Gasteiger partial charge >= 0.3 is 6.18 Å². The van der Waals surface area contributed by atoms with Gasteiger partial charge in [-0.1, -0.05) is 43.6 Å². The van der Waals surface area contributed by atoms with Gasteiger partial charge in [0.1, 0.15) is 10.8 Å². The van der Waals surface area contributed by atoms with Crippen molar-refractivity contribution >= 4 is 28.5 Å². The largest absolute Gasteiger partial charge is 0.419 e. The molecule has 6 nitrogen and oxygen atoms in total. The number of H-pyrrole nitrogens is 1. The summed E-state index contributed by atoms with van der Waals surface area (Å²) in [6.45, 7) is 4.93. The molecule has 40 heavy (non-hydrogen) atoms. The Morgan fingerprint density at radius 1 is 1.05 bits per heavy atom. The number of aromatic amines is 1. The van der Waals surface area contributed by atoms with Gasteiger partial charge in [-0.25, -0.2) is 19.0 Å². The van der Waals surface area contributed by atoms with Gasteiger partial charge in [0.25, 0.3) is 0 Å². The second-order valence-electron chi connectivity index (χ2n) is 9.74. The lowest BCUT2D eigenvalue weighted by atomic mass is 9.97. The van der Waals surface area contributed by atoms with Gasteiger partial charge in [0.05, 0.1) is 28.2 Å². The van der Waals surface area contributed by atoms with Gasteiger partial charge in [-0.05, 0) is 36.1 Å². The second-order valence-corrected chi connectivity index (χ2v) is 10.1. The van der Waals surface area contributed by atoms with Gasteiger partial charge in [0.15, 0.2) is 0 Å². The molecule has 1 aliphatic heterocycles. The molecular weight excluding hydrogens is 544 g/mol. The van der Waals surface area contributed by atoms with Crippen molar-refractivity contribution in [3.63, 3.8) is 0 Å². The molecule has 0 unspecified atom stereocenters. The highest BCUT2D eigenvalue weighted by Gasteiger charge is 2.33. The van der Waals surface area contributed by atoms with Crippen LogP contribution in [0.1, 0.15) is 41.8 Å². The molecule has 4 heterocycles. The van der Waals surface area contributed by atoms with E-state index in [4.69, 9.17) is 16.7 Å². The minimum atomic E-state index is -4.52. The van der Waals surface area contributed by atoms with Crippen LogP contribution in [-0.2, 0) is 32.0 Å².